The standard InChI is InChI=1S/C14H19NO2/c1-9-5-3-4-6-11(9)10(2)15-13-8-7-12(13)14(16)17/h3-6,10,12-13,15H,7-8H2,1-2H3,(H,16,17). The maximum atomic E-state index is 10.9. The highest BCUT2D eigenvalue weighted by Gasteiger charge is 2.37. The first-order valence-electron chi connectivity index (χ1n) is 6.14. The summed E-state index contributed by atoms with van der Waals surface area (Å²) in [4.78, 5) is 10.9. The molecule has 1 saturated carbocycles. The molecule has 1 aliphatic rings. The van der Waals surface area contributed by atoms with Crippen LogP contribution in [0.2, 0.25) is 0 Å². The molecule has 1 aromatic carbocycles. The van der Waals surface area contributed by atoms with Crippen molar-refractivity contribution in [2.45, 2.75) is 38.8 Å². The summed E-state index contributed by atoms with van der Waals surface area (Å²) >= 11 is 0. The Kier molecular flexibility index (Phi) is 3.48. The highest BCUT2D eigenvalue weighted by atomic mass is 16.4. The zero-order valence-electron chi connectivity index (χ0n) is 10.3. The average molecular weight is 233 g/mol. The Balaban J connectivity index is 2.00. The Morgan fingerprint density at radius 1 is 1.41 bits per heavy atom. The molecule has 0 heterocycles. The minimum Gasteiger partial charge on any atom is -0.481 e. The summed E-state index contributed by atoms with van der Waals surface area (Å²) in [5.41, 5.74) is 2.50. The van der Waals surface area contributed by atoms with E-state index in [4.69, 9.17) is 5.11 Å². The van der Waals surface area contributed by atoms with Gasteiger partial charge in [-0.1, -0.05) is 24.3 Å². The molecular formula is C14H19NO2. The lowest BCUT2D eigenvalue weighted by Gasteiger charge is -2.36. The molecule has 2 N–H and O–H groups in total. The molecule has 2 rings (SSSR count). The molecule has 0 saturated heterocycles. The van der Waals surface area contributed by atoms with Gasteiger partial charge in [-0.2, -0.15) is 0 Å². The van der Waals surface area contributed by atoms with Crippen LogP contribution in [0.1, 0.15) is 36.9 Å². The number of carboxylic acids is 1. The number of aryl methyl sites for hydroxylation is 1. The lowest BCUT2D eigenvalue weighted by molar-refractivity contribution is -0.146. The second kappa shape index (κ2) is 4.88. The van der Waals surface area contributed by atoms with Crippen molar-refractivity contribution >= 4 is 5.97 Å². The maximum Gasteiger partial charge on any atom is 0.308 e. The third-order valence-electron chi connectivity index (χ3n) is 3.71. The highest BCUT2D eigenvalue weighted by molar-refractivity contribution is 5.72. The van der Waals surface area contributed by atoms with Crippen molar-refractivity contribution in [3.05, 3.63) is 35.4 Å². The van der Waals surface area contributed by atoms with Gasteiger partial charge in [0.25, 0.3) is 0 Å². The molecule has 0 radical (unpaired) electrons. The summed E-state index contributed by atoms with van der Waals surface area (Å²) in [6.07, 6.45) is 1.76. The second-order valence-corrected chi connectivity index (χ2v) is 4.87. The zero-order valence-corrected chi connectivity index (χ0v) is 10.3. The number of hydrogen-bond donors (Lipinski definition) is 2. The van der Waals surface area contributed by atoms with Crippen molar-refractivity contribution in [3.8, 4) is 0 Å². The molecule has 0 spiro atoms. The molecule has 1 aromatic rings. The first-order valence-corrected chi connectivity index (χ1v) is 6.14. The van der Waals surface area contributed by atoms with Crippen LogP contribution in [-0.4, -0.2) is 17.1 Å². The van der Waals surface area contributed by atoms with Gasteiger partial charge in [-0.15, -0.1) is 0 Å². The molecule has 3 nitrogen and oxygen atoms in total. The molecule has 0 aromatic heterocycles. The molecular weight excluding hydrogens is 214 g/mol. The van der Waals surface area contributed by atoms with Gasteiger partial charge < -0.3 is 10.4 Å². The van der Waals surface area contributed by atoms with Crippen LogP contribution in [0, 0.1) is 12.8 Å². The molecule has 0 amide bonds. The highest BCUT2D eigenvalue weighted by Crippen LogP contribution is 2.30. The Morgan fingerprint density at radius 2 is 2.12 bits per heavy atom. The van der Waals surface area contributed by atoms with Gasteiger partial charge in [-0.3, -0.25) is 4.79 Å². The Morgan fingerprint density at radius 3 is 2.65 bits per heavy atom. The van der Waals surface area contributed by atoms with Crippen molar-refractivity contribution in [2.24, 2.45) is 5.92 Å². The maximum absolute atomic E-state index is 10.9. The summed E-state index contributed by atoms with van der Waals surface area (Å²) in [5, 5.41) is 12.4. The van der Waals surface area contributed by atoms with Gasteiger partial charge in [0.15, 0.2) is 0 Å². The predicted octanol–water partition coefficient (Wildman–Crippen LogP) is 2.51. The largest absolute Gasteiger partial charge is 0.481 e. The first kappa shape index (κ1) is 12.1. The molecule has 17 heavy (non-hydrogen) atoms. The number of carbonyl (C=O) groups is 1. The molecule has 1 fully saturated rings. The summed E-state index contributed by atoms with van der Waals surface area (Å²) in [7, 11) is 0. The van der Waals surface area contributed by atoms with Gasteiger partial charge >= 0.3 is 5.97 Å². The van der Waals surface area contributed by atoms with Crippen LogP contribution < -0.4 is 5.32 Å². The third kappa shape index (κ3) is 2.50. The van der Waals surface area contributed by atoms with E-state index in [9.17, 15) is 4.79 Å². The van der Waals surface area contributed by atoms with Crippen molar-refractivity contribution < 1.29 is 9.90 Å². The lowest BCUT2D eigenvalue weighted by Crippen LogP contribution is -2.48. The van der Waals surface area contributed by atoms with Crippen molar-refractivity contribution in [1.29, 1.82) is 0 Å². The van der Waals surface area contributed by atoms with Gasteiger partial charge in [0.05, 0.1) is 5.92 Å². The number of benzene rings is 1. The quantitative estimate of drug-likeness (QED) is 0.840. The minimum atomic E-state index is -0.675. The number of hydrogen-bond acceptors (Lipinski definition) is 2. The van der Waals surface area contributed by atoms with E-state index >= 15 is 0 Å². The van der Waals surface area contributed by atoms with E-state index in [1.807, 2.05) is 12.1 Å². The van der Waals surface area contributed by atoms with E-state index in [0.717, 1.165) is 12.8 Å². The van der Waals surface area contributed by atoms with Crippen molar-refractivity contribution in [2.75, 3.05) is 0 Å². The van der Waals surface area contributed by atoms with Crippen LogP contribution in [0.5, 0.6) is 0 Å². The van der Waals surface area contributed by atoms with Crippen LogP contribution in [-0.2, 0) is 4.79 Å². The van der Waals surface area contributed by atoms with Gasteiger partial charge in [0, 0.05) is 12.1 Å². The van der Waals surface area contributed by atoms with Crippen LogP contribution >= 0.6 is 0 Å². The van der Waals surface area contributed by atoms with E-state index in [2.05, 4.69) is 31.3 Å². The molecule has 3 unspecified atom stereocenters. The molecule has 3 heteroatoms. The number of rotatable bonds is 4. The Hall–Kier alpha value is -1.35. The van der Waals surface area contributed by atoms with Gasteiger partial charge in [-0.05, 0) is 37.8 Å². The second-order valence-electron chi connectivity index (χ2n) is 4.87. The molecule has 0 bridgehead atoms. The third-order valence-corrected chi connectivity index (χ3v) is 3.71. The minimum absolute atomic E-state index is 0.127. The number of aliphatic carboxylic acids is 1. The van der Waals surface area contributed by atoms with Crippen LogP contribution in [0.25, 0.3) is 0 Å². The Bertz CT molecular complexity index is 416. The lowest BCUT2D eigenvalue weighted by atomic mass is 9.79. The van der Waals surface area contributed by atoms with Crippen LogP contribution in [0.4, 0.5) is 0 Å². The summed E-state index contributed by atoms with van der Waals surface area (Å²) in [6, 6.07) is 8.57. The van der Waals surface area contributed by atoms with E-state index in [0.29, 0.717) is 0 Å². The Labute approximate surface area is 102 Å². The van der Waals surface area contributed by atoms with Crippen molar-refractivity contribution in [1.82, 2.24) is 5.32 Å². The monoisotopic (exact) mass is 233 g/mol. The van der Waals surface area contributed by atoms with Crippen LogP contribution in [0.3, 0.4) is 0 Å². The molecule has 0 aliphatic heterocycles. The predicted molar refractivity (Wildman–Crippen MR) is 66.9 cm³/mol. The SMILES string of the molecule is Cc1ccccc1C(C)NC1CCC1C(=O)O. The fourth-order valence-electron chi connectivity index (χ4n) is 2.48. The summed E-state index contributed by atoms with van der Waals surface area (Å²) in [5.74, 6) is -0.882. The van der Waals surface area contributed by atoms with Crippen LogP contribution in [0.15, 0.2) is 24.3 Å². The summed E-state index contributed by atoms with van der Waals surface area (Å²) < 4.78 is 0. The topological polar surface area (TPSA) is 49.3 Å². The average Bonchev–Trinajstić information content (AvgIpc) is 2.24. The molecule has 92 valence electrons. The van der Waals surface area contributed by atoms with E-state index in [-0.39, 0.29) is 18.0 Å². The summed E-state index contributed by atoms with van der Waals surface area (Å²) in [6.45, 7) is 4.18. The zero-order chi connectivity index (χ0) is 12.4. The van der Waals surface area contributed by atoms with Gasteiger partial charge in [0.2, 0.25) is 0 Å². The number of nitrogens with one attached hydrogen (secondary N) is 1. The van der Waals surface area contributed by atoms with Gasteiger partial charge in [0.1, 0.15) is 0 Å². The van der Waals surface area contributed by atoms with Gasteiger partial charge in [-0.25, -0.2) is 0 Å². The fraction of sp³-hybridized carbons (Fsp3) is 0.500. The first-order chi connectivity index (χ1) is 8.09. The van der Waals surface area contributed by atoms with E-state index in [1.165, 1.54) is 11.1 Å². The molecule has 1 aliphatic carbocycles. The van der Waals surface area contributed by atoms with Crippen molar-refractivity contribution in [3.63, 3.8) is 0 Å². The molecule has 3 atom stereocenters. The fourth-order valence-corrected chi connectivity index (χ4v) is 2.48. The van der Waals surface area contributed by atoms with E-state index < -0.39 is 5.97 Å². The normalized spacial score (nSPS) is 25.1. The number of carboxylic acid groups (broad SMARTS) is 1. The van der Waals surface area contributed by atoms with E-state index in [1.54, 1.807) is 0 Å². The smallest absolute Gasteiger partial charge is 0.308 e.